The number of nitriles is 1. The Morgan fingerprint density at radius 1 is 1.42 bits per heavy atom. The Balaban J connectivity index is 2.22. The maximum atomic E-state index is 9.13. The first-order valence-corrected chi connectivity index (χ1v) is 6.97. The molecule has 0 saturated carbocycles. The second-order valence-corrected chi connectivity index (χ2v) is 5.32. The standard InChI is InChI=1S/C13H9ClN4S/c1-2-9-8(7-15)12(14)18(17-9)13-16-10-5-3-4-6-11(10)19-13/h3-6H,2H2,1H3. The van der Waals surface area contributed by atoms with Crippen LogP contribution in [0.3, 0.4) is 0 Å². The summed E-state index contributed by atoms with van der Waals surface area (Å²) in [7, 11) is 0. The summed E-state index contributed by atoms with van der Waals surface area (Å²) < 4.78 is 2.62. The molecule has 2 heterocycles. The highest BCUT2D eigenvalue weighted by atomic mass is 35.5. The highest BCUT2D eigenvalue weighted by Gasteiger charge is 2.18. The molecule has 0 N–H and O–H groups in total. The molecule has 0 fully saturated rings. The van der Waals surface area contributed by atoms with Gasteiger partial charge in [0.2, 0.25) is 5.13 Å². The molecule has 0 spiro atoms. The lowest BCUT2D eigenvalue weighted by atomic mass is 10.2. The van der Waals surface area contributed by atoms with E-state index < -0.39 is 0 Å². The average Bonchev–Trinajstić information content (AvgIpc) is 2.98. The quantitative estimate of drug-likeness (QED) is 0.724. The van der Waals surface area contributed by atoms with Gasteiger partial charge in [-0.05, 0) is 18.6 Å². The normalized spacial score (nSPS) is 10.8. The van der Waals surface area contributed by atoms with Crippen molar-refractivity contribution < 1.29 is 0 Å². The van der Waals surface area contributed by atoms with Crippen LogP contribution < -0.4 is 0 Å². The van der Waals surface area contributed by atoms with Crippen LogP contribution in [0.4, 0.5) is 0 Å². The Morgan fingerprint density at radius 3 is 2.84 bits per heavy atom. The highest BCUT2D eigenvalue weighted by Crippen LogP contribution is 2.29. The van der Waals surface area contributed by atoms with Gasteiger partial charge in [0.25, 0.3) is 0 Å². The Labute approximate surface area is 118 Å². The molecular weight excluding hydrogens is 280 g/mol. The number of thiazole rings is 1. The molecule has 0 aliphatic heterocycles. The van der Waals surface area contributed by atoms with Crippen molar-refractivity contribution >= 4 is 33.2 Å². The van der Waals surface area contributed by atoms with Crippen LogP contribution in [0.15, 0.2) is 24.3 Å². The second kappa shape index (κ2) is 4.65. The summed E-state index contributed by atoms with van der Waals surface area (Å²) in [5.74, 6) is 0. The molecule has 0 bridgehead atoms. The summed E-state index contributed by atoms with van der Waals surface area (Å²) in [6.45, 7) is 1.95. The van der Waals surface area contributed by atoms with Crippen molar-refractivity contribution in [2.24, 2.45) is 0 Å². The minimum Gasteiger partial charge on any atom is -0.218 e. The number of hydrogen-bond donors (Lipinski definition) is 0. The van der Waals surface area contributed by atoms with Crippen molar-refractivity contribution in [1.82, 2.24) is 14.8 Å². The summed E-state index contributed by atoms with van der Waals surface area (Å²) >= 11 is 7.72. The smallest absolute Gasteiger partial charge is 0.212 e. The van der Waals surface area contributed by atoms with E-state index in [0.29, 0.717) is 28.0 Å². The molecule has 3 rings (SSSR count). The summed E-state index contributed by atoms with van der Waals surface area (Å²) in [6, 6.07) is 9.95. The second-order valence-electron chi connectivity index (χ2n) is 3.95. The topological polar surface area (TPSA) is 54.5 Å². The third-order valence-corrected chi connectivity index (χ3v) is 4.17. The van der Waals surface area contributed by atoms with Crippen molar-refractivity contribution in [3.8, 4) is 11.2 Å². The van der Waals surface area contributed by atoms with Crippen LogP contribution in [0, 0.1) is 11.3 Å². The first-order chi connectivity index (χ1) is 9.24. The third-order valence-electron chi connectivity index (χ3n) is 2.81. The van der Waals surface area contributed by atoms with E-state index in [2.05, 4.69) is 16.2 Å². The Hall–Kier alpha value is -1.90. The van der Waals surface area contributed by atoms with Crippen molar-refractivity contribution in [3.63, 3.8) is 0 Å². The van der Waals surface area contributed by atoms with E-state index in [-0.39, 0.29) is 0 Å². The van der Waals surface area contributed by atoms with Gasteiger partial charge in [-0.25, -0.2) is 4.98 Å². The maximum absolute atomic E-state index is 9.13. The van der Waals surface area contributed by atoms with Crippen molar-refractivity contribution in [1.29, 1.82) is 5.26 Å². The van der Waals surface area contributed by atoms with Gasteiger partial charge in [-0.15, -0.1) is 0 Å². The number of rotatable bonds is 2. The monoisotopic (exact) mass is 288 g/mol. The van der Waals surface area contributed by atoms with Crippen LogP contribution in [-0.2, 0) is 6.42 Å². The van der Waals surface area contributed by atoms with E-state index in [1.807, 2.05) is 31.2 Å². The maximum Gasteiger partial charge on any atom is 0.212 e. The summed E-state index contributed by atoms with van der Waals surface area (Å²) in [4.78, 5) is 4.49. The van der Waals surface area contributed by atoms with Crippen molar-refractivity contribution in [3.05, 3.63) is 40.7 Å². The van der Waals surface area contributed by atoms with Gasteiger partial charge in [-0.3, -0.25) is 0 Å². The predicted octanol–water partition coefficient (Wildman–Crippen LogP) is 3.57. The van der Waals surface area contributed by atoms with Gasteiger partial charge < -0.3 is 0 Å². The molecule has 3 aromatic rings. The minimum atomic E-state index is 0.332. The highest BCUT2D eigenvalue weighted by molar-refractivity contribution is 7.20. The van der Waals surface area contributed by atoms with Crippen LogP contribution in [-0.4, -0.2) is 14.8 Å². The van der Waals surface area contributed by atoms with Crippen LogP contribution in [0.2, 0.25) is 5.15 Å². The number of para-hydroxylation sites is 1. The molecule has 0 radical (unpaired) electrons. The van der Waals surface area contributed by atoms with Gasteiger partial charge in [-0.2, -0.15) is 15.0 Å². The van der Waals surface area contributed by atoms with Crippen LogP contribution in [0.25, 0.3) is 15.3 Å². The Morgan fingerprint density at radius 2 is 2.21 bits per heavy atom. The molecule has 94 valence electrons. The van der Waals surface area contributed by atoms with Gasteiger partial charge in [0.15, 0.2) is 5.15 Å². The number of aryl methyl sites for hydroxylation is 1. The molecular formula is C13H9ClN4S. The predicted molar refractivity (Wildman–Crippen MR) is 75.8 cm³/mol. The molecule has 19 heavy (non-hydrogen) atoms. The molecule has 0 aliphatic carbocycles. The summed E-state index contributed by atoms with van der Waals surface area (Å²) in [5.41, 5.74) is 2.04. The van der Waals surface area contributed by atoms with E-state index in [1.165, 1.54) is 11.3 Å². The SMILES string of the molecule is CCc1nn(-c2nc3ccccc3s2)c(Cl)c1C#N. The van der Waals surface area contributed by atoms with E-state index >= 15 is 0 Å². The molecule has 1 aromatic carbocycles. The number of hydrogen-bond acceptors (Lipinski definition) is 4. The molecule has 6 heteroatoms. The zero-order valence-corrected chi connectivity index (χ0v) is 11.7. The van der Waals surface area contributed by atoms with E-state index in [0.717, 1.165) is 10.2 Å². The number of fused-ring (bicyclic) bond motifs is 1. The molecule has 0 aliphatic rings. The van der Waals surface area contributed by atoms with Crippen LogP contribution >= 0.6 is 22.9 Å². The number of benzene rings is 1. The van der Waals surface area contributed by atoms with Gasteiger partial charge in [0.1, 0.15) is 11.6 Å². The summed E-state index contributed by atoms with van der Waals surface area (Å²) in [5, 5.41) is 14.5. The van der Waals surface area contributed by atoms with Crippen molar-refractivity contribution in [2.75, 3.05) is 0 Å². The molecule has 0 atom stereocenters. The summed E-state index contributed by atoms with van der Waals surface area (Å²) in [6.07, 6.45) is 0.667. The molecule has 0 unspecified atom stereocenters. The number of aromatic nitrogens is 3. The average molecular weight is 289 g/mol. The third kappa shape index (κ3) is 1.89. The van der Waals surface area contributed by atoms with Crippen LogP contribution in [0.1, 0.15) is 18.2 Å². The zero-order valence-electron chi connectivity index (χ0n) is 10.1. The van der Waals surface area contributed by atoms with Gasteiger partial charge >= 0.3 is 0 Å². The minimum absolute atomic E-state index is 0.332. The first-order valence-electron chi connectivity index (χ1n) is 5.78. The molecule has 2 aromatic heterocycles. The fourth-order valence-corrected chi connectivity index (χ4v) is 3.12. The lowest BCUT2D eigenvalue weighted by Gasteiger charge is -1.95. The van der Waals surface area contributed by atoms with Gasteiger partial charge in [0.05, 0.1) is 15.9 Å². The zero-order chi connectivity index (χ0) is 13.4. The van der Waals surface area contributed by atoms with E-state index in [1.54, 1.807) is 4.68 Å². The molecule has 4 nitrogen and oxygen atoms in total. The van der Waals surface area contributed by atoms with Crippen molar-refractivity contribution in [2.45, 2.75) is 13.3 Å². The van der Waals surface area contributed by atoms with E-state index in [4.69, 9.17) is 16.9 Å². The van der Waals surface area contributed by atoms with Gasteiger partial charge in [0, 0.05) is 0 Å². The van der Waals surface area contributed by atoms with Gasteiger partial charge in [-0.1, -0.05) is 42.0 Å². The van der Waals surface area contributed by atoms with Crippen LogP contribution in [0.5, 0.6) is 0 Å². The molecule has 0 amide bonds. The lowest BCUT2D eigenvalue weighted by Crippen LogP contribution is -1.96. The number of halogens is 1. The fraction of sp³-hybridized carbons (Fsp3) is 0.154. The lowest BCUT2D eigenvalue weighted by molar-refractivity contribution is 0.836. The van der Waals surface area contributed by atoms with E-state index in [9.17, 15) is 0 Å². The largest absolute Gasteiger partial charge is 0.218 e. The fourth-order valence-electron chi connectivity index (χ4n) is 1.88. The molecule has 0 saturated heterocycles. The Kier molecular flexibility index (Phi) is 2.97. The number of nitrogens with zero attached hydrogens (tertiary/aromatic N) is 4. The first kappa shape index (κ1) is 12.2. The Bertz CT molecular complexity index is 764.